The zero-order chi connectivity index (χ0) is 27.0. The van der Waals surface area contributed by atoms with Crippen LogP contribution in [0, 0.1) is 22.7 Å². The van der Waals surface area contributed by atoms with Crippen LogP contribution in [0.15, 0.2) is 61.1 Å². The van der Waals surface area contributed by atoms with Crippen LogP contribution in [0.1, 0.15) is 35.3 Å². The zero-order valence-corrected chi connectivity index (χ0v) is 20.4. The molecular weight excluding hydrogens is 487 g/mol. The number of carbonyl (C=O) groups excluding carboxylic acids is 1. The lowest BCUT2D eigenvalue weighted by Crippen LogP contribution is -2.42. The number of hydrogen-bond donors (Lipinski definition) is 2. The molecule has 0 fully saturated rings. The largest absolute Gasteiger partial charge is 0.387 e. The molecule has 0 aliphatic carbocycles. The Bertz CT molecular complexity index is 1790. The molecule has 11 heteroatoms. The van der Waals surface area contributed by atoms with E-state index < -0.39 is 24.2 Å². The molecule has 0 aromatic carbocycles. The van der Waals surface area contributed by atoms with Gasteiger partial charge in [0.2, 0.25) is 0 Å². The second-order valence-corrected chi connectivity index (χ2v) is 9.27. The molecule has 0 aliphatic rings. The average molecular weight is 509 g/mol. The molecule has 0 radical (unpaired) electrons. The van der Waals surface area contributed by atoms with Gasteiger partial charge in [0.05, 0.1) is 69.3 Å². The maximum atomic E-state index is 14.3. The molecule has 5 aromatic rings. The topological polar surface area (TPSA) is 144 Å². The summed E-state index contributed by atoms with van der Waals surface area (Å²) in [7, 11) is 0. The third-order valence-electron chi connectivity index (χ3n) is 6.15. The summed E-state index contributed by atoms with van der Waals surface area (Å²) in [5.74, 6) is -0.577. The summed E-state index contributed by atoms with van der Waals surface area (Å²) in [5.41, 5.74) is 2.85. The van der Waals surface area contributed by atoms with E-state index in [-0.39, 0.29) is 5.56 Å². The van der Waals surface area contributed by atoms with Crippen LogP contribution in [0.5, 0.6) is 0 Å². The van der Waals surface area contributed by atoms with Crippen LogP contribution in [0.4, 0.5) is 4.39 Å². The summed E-state index contributed by atoms with van der Waals surface area (Å²) in [6.45, 7) is 2.26. The molecule has 188 valence electrons. The van der Waals surface area contributed by atoms with Crippen LogP contribution in [0.25, 0.3) is 33.7 Å². The third kappa shape index (κ3) is 4.43. The van der Waals surface area contributed by atoms with Crippen LogP contribution in [-0.4, -0.2) is 53.5 Å². The number of amides is 1. The lowest BCUT2D eigenvalue weighted by Gasteiger charge is -2.22. The standard InChI is InChI=1S/C27H21FN8O2/c1-27(2,38)25(28)15-32-26(37)21-14-31-22(24-6-4-19-8-17(11-30)13-34-36(19)24)9-20(21)23-5-3-18-7-16(10-29)12-33-35(18)23/h3-9,12-14,25,38H,15H2,1-2H3,(H,32,37). The highest BCUT2D eigenvalue weighted by molar-refractivity contribution is 6.01. The van der Waals surface area contributed by atoms with Crippen molar-refractivity contribution < 1.29 is 14.3 Å². The minimum absolute atomic E-state index is 0.170. The molecule has 38 heavy (non-hydrogen) atoms. The highest BCUT2D eigenvalue weighted by Gasteiger charge is 2.28. The Kier molecular flexibility index (Phi) is 6.07. The predicted molar refractivity (Wildman–Crippen MR) is 136 cm³/mol. The predicted octanol–water partition coefficient (Wildman–Crippen LogP) is 3.29. The van der Waals surface area contributed by atoms with Crippen molar-refractivity contribution >= 4 is 16.9 Å². The maximum absolute atomic E-state index is 14.3. The number of aromatic nitrogens is 5. The molecule has 5 aromatic heterocycles. The molecule has 5 rings (SSSR count). The van der Waals surface area contributed by atoms with Crippen molar-refractivity contribution in [3.05, 3.63) is 77.7 Å². The van der Waals surface area contributed by atoms with E-state index in [0.717, 1.165) is 0 Å². The SMILES string of the molecule is CC(C)(O)C(F)CNC(=O)c1cnc(-c2ccc3cc(C#N)cnn23)cc1-c1ccc2cc(C#N)cnn12. The van der Waals surface area contributed by atoms with Crippen molar-refractivity contribution in [3.63, 3.8) is 0 Å². The number of rotatable bonds is 6. The van der Waals surface area contributed by atoms with Crippen molar-refractivity contribution in [3.8, 4) is 34.8 Å². The van der Waals surface area contributed by atoms with Gasteiger partial charge in [0.25, 0.3) is 5.91 Å². The second kappa shape index (κ2) is 9.39. The normalized spacial score (nSPS) is 12.3. The molecule has 0 spiro atoms. The van der Waals surface area contributed by atoms with Crippen molar-refractivity contribution in [2.24, 2.45) is 0 Å². The Balaban J connectivity index is 1.63. The van der Waals surface area contributed by atoms with Crippen LogP contribution in [0.2, 0.25) is 0 Å². The first-order valence-electron chi connectivity index (χ1n) is 11.6. The van der Waals surface area contributed by atoms with Crippen LogP contribution >= 0.6 is 0 Å². The number of nitrogens with one attached hydrogen (secondary N) is 1. The van der Waals surface area contributed by atoms with Gasteiger partial charge in [0.15, 0.2) is 0 Å². The first kappa shape index (κ1) is 24.6. The summed E-state index contributed by atoms with van der Waals surface area (Å²) in [6.07, 6.45) is 2.58. The number of aliphatic hydroxyl groups is 1. The fourth-order valence-corrected chi connectivity index (χ4v) is 4.03. The van der Waals surface area contributed by atoms with Crippen molar-refractivity contribution in [2.75, 3.05) is 6.54 Å². The minimum atomic E-state index is -1.68. The monoisotopic (exact) mass is 508 g/mol. The lowest BCUT2D eigenvalue weighted by molar-refractivity contribution is -0.00177. The Morgan fingerprint density at radius 2 is 1.58 bits per heavy atom. The van der Waals surface area contributed by atoms with E-state index in [4.69, 9.17) is 0 Å². The first-order chi connectivity index (χ1) is 18.2. The van der Waals surface area contributed by atoms with Gasteiger partial charge in [-0.25, -0.2) is 13.4 Å². The summed E-state index contributed by atoms with van der Waals surface area (Å²) in [5, 5.41) is 39.5. The zero-order valence-electron chi connectivity index (χ0n) is 20.4. The summed E-state index contributed by atoms with van der Waals surface area (Å²) < 4.78 is 17.6. The van der Waals surface area contributed by atoms with Crippen molar-refractivity contribution in [1.29, 1.82) is 10.5 Å². The molecule has 1 amide bonds. The molecule has 2 N–H and O–H groups in total. The number of hydrogen-bond acceptors (Lipinski definition) is 7. The number of pyridine rings is 1. The Morgan fingerprint density at radius 1 is 1.00 bits per heavy atom. The van der Waals surface area contributed by atoms with Gasteiger partial charge >= 0.3 is 0 Å². The van der Waals surface area contributed by atoms with E-state index in [9.17, 15) is 24.8 Å². The van der Waals surface area contributed by atoms with E-state index in [1.807, 2.05) is 0 Å². The van der Waals surface area contributed by atoms with Crippen molar-refractivity contribution in [1.82, 2.24) is 29.5 Å². The number of fused-ring (bicyclic) bond motifs is 2. The van der Waals surface area contributed by atoms with Gasteiger partial charge in [0.1, 0.15) is 18.3 Å². The number of halogens is 1. The molecule has 1 atom stereocenters. The molecule has 0 saturated carbocycles. The highest BCUT2D eigenvalue weighted by Crippen LogP contribution is 2.30. The number of alkyl halides is 1. The number of nitriles is 2. The van der Waals surface area contributed by atoms with Crippen LogP contribution < -0.4 is 5.32 Å². The van der Waals surface area contributed by atoms with Gasteiger partial charge in [0, 0.05) is 11.8 Å². The minimum Gasteiger partial charge on any atom is -0.387 e. The second-order valence-electron chi connectivity index (χ2n) is 9.27. The van der Waals surface area contributed by atoms with Gasteiger partial charge in [-0.2, -0.15) is 20.7 Å². The molecule has 10 nitrogen and oxygen atoms in total. The molecule has 0 aliphatic heterocycles. The molecular formula is C27H21FN8O2. The van der Waals surface area contributed by atoms with E-state index >= 15 is 0 Å². The third-order valence-corrected chi connectivity index (χ3v) is 6.15. The summed E-state index contributed by atoms with van der Waals surface area (Å²) in [4.78, 5) is 17.7. The summed E-state index contributed by atoms with van der Waals surface area (Å²) >= 11 is 0. The lowest BCUT2D eigenvalue weighted by atomic mass is 10.0. The van der Waals surface area contributed by atoms with E-state index in [0.29, 0.717) is 44.8 Å². The van der Waals surface area contributed by atoms with E-state index in [1.54, 1.807) is 51.5 Å². The Hall–Kier alpha value is -5.13. The average Bonchev–Trinajstić information content (AvgIpc) is 3.54. The quantitative estimate of drug-likeness (QED) is 0.358. The molecule has 0 saturated heterocycles. The van der Waals surface area contributed by atoms with E-state index in [1.165, 1.54) is 32.4 Å². The van der Waals surface area contributed by atoms with Gasteiger partial charge in [-0.1, -0.05) is 0 Å². The van der Waals surface area contributed by atoms with Gasteiger partial charge < -0.3 is 10.4 Å². The first-order valence-corrected chi connectivity index (χ1v) is 11.6. The van der Waals surface area contributed by atoms with Gasteiger partial charge in [-0.3, -0.25) is 9.78 Å². The molecule has 5 heterocycles. The number of nitrogens with zero attached hydrogens (tertiary/aromatic N) is 7. The van der Waals surface area contributed by atoms with Crippen LogP contribution in [0.3, 0.4) is 0 Å². The fraction of sp³-hybridized carbons (Fsp3) is 0.185. The van der Waals surface area contributed by atoms with Crippen LogP contribution in [-0.2, 0) is 0 Å². The van der Waals surface area contributed by atoms with Crippen molar-refractivity contribution in [2.45, 2.75) is 25.6 Å². The Labute approximate surface area is 216 Å². The Morgan fingerprint density at radius 3 is 2.16 bits per heavy atom. The maximum Gasteiger partial charge on any atom is 0.253 e. The fourth-order valence-electron chi connectivity index (χ4n) is 4.03. The molecule has 1 unspecified atom stereocenters. The highest BCUT2D eigenvalue weighted by atomic mass is 19.1. The number of carbonyl (C=O) groups is 1. The van der Waals surface area contributed by atoms with Gasteiger partial charge in [-0.15, -0.1) is 0 Å². The smallest absolute Gasteiger partial charge is 0.253 e. The van der Waals surface area contributed by atoms with E-state index in [2.05, 4.69) is 32.6 Å². The molecule has 0 bridgehead atoms. The summed E-state index contributed by atoms with van der Waals surface area (Å²) in [6, 6.07) is 16.3. The van der Waals surface area contributed by atoms with Gasteiger partial charge in [-0.05, 0) is 56.3 Å².